The summed E-state index contributed by atoms with van der Waals surface area (Å²) in [7, 11) is 0. The molecule has 17 heavy (non-hydrogen) atoms. The molecule has 0 aliphatic heterocycles. The predicted molar refractivity (Wildman–Crippen MR) is 77.2 cm³/mol. The normalized spacial score (nSPS) is 12.4. The van der Waals surface area contributed by atoms with Crippen molar-refractivity contribution < 1.29 is 3.79 Å². The fourth-order valence-electron chi connectivity index (χ4n) is 2.27. The van der Waals surface area contributed by atoms with Crippen LogP contribution in [-0.4, -0.2) is 16.6 Å². The van der Waals surface area contributed by atoms with E-state index in [4.69, 9.17) is 3.79 Å². The second-order valence-electron chi connectivity index (χ2n) is 4.97. The van der Waals surface area contributed by atoms with Gasteiger partial charge in [0.05, 0.1) is 5.75 Å². The summed E-state index contributed by atoms with van der Waals surface area (Å²) in [6.07, 6.45) is 7.97. The predicted octanol–water partition coefficient (Wildman–Crippen LogP) is 3.76. The maximum atomic E-state index is 5.53. The highest BCUT2D eigenvalue weighted by Crippen LogP contribution is 2.23. The van der Waals surface area contributed by atoms with E-state index < -0.39 is 0 Å². The van der Waals surface area contributed by atoms with Crippen LogP contribution in [0.3, 0.4) is 0 Å². The lowest BCUT2D eigenvalue weighted by molar-refractivity contribution is 0.480. The smallest absolute Gasteiger partial charge is 0.496 e. The molecule has 0 spiro atoms. The molecule has 0 aliphatic carbocycles. The van der Waals surface area contributed by atoms with E-state index in [1.54, 1.807) is 0 Å². The average Bonchev–Trinajstić information content (AvgIpc) is 2.35. The molecule has 0 saturated carbocycles. The first kappa shape index (κ1) is 14.6. The van der Waals surface area contributed by atoms with Gasteiger partial charge in [0, 0.05) is 0 Å². The molecule has 0 heterocycles. The third kappa shape index (κ3) is 5.62. The van der Waals surface area contributed by atoms with Gasteiger partial charge in [0.25, 0.3) is 0 Å². The second-order valence-corrected chi connectivity index (χ2v) is 5.38. The summed E-state index contributed by atoms with van der Waals surface area (Å²) in [6.45, 7) is 4.62. The topological polar surface area (TPSA) is 9.23 Å². The average molecular weight is 248 g/mol. The van der Waals surface area contributed by atoms with Crippen molar-refractivity contribution in [3.8, 4) is 5.75 Å². The number of para-hydroxylation sites is 1. The molecule has 0 amide bonds. The Labute approximate surface area is 114 Å². The Morgan fingerprint density at radius 1 is 1.18 bits per heavy atom. The molecule has 1 nitrogen and oxygen atoms in total. The zero-order valence-corrected chi connectivity index (χ0v) is 13.5. The van der Waals surface area contributed by atoms with Crippen molar-refractivity contribution in [3.05, 3.63) is 29.8 Å². The lowest BCUT2D eigenvalue weighted by Crippen LogP contribution is -2.02. The first-order valence-corrected chi connectivity index (χ1v) is 7.71. The van der Waals surface area contributed by atoms with Crippen LogP contribution in [0.15, 0.2) is 24.3 Å². The van der Waals surface area contributed by atoms with Crippen LogP contribution in [0.2, 0.25) is 0 Å². The van der Waals surface area contributed by atoms with E-state index in [0.717, 1.165) is 34.7 Å². The summed E-state index contributed by atoms with van der Waals surface area (Å²) in [5.41, 5.74) is 1.38. The fourth-order valence-corrected chi connectivity index (χ4v) is 2.67. The quantitative estimate of drug-likeness (QED) is 0.503. The molecule has 1 aromatic rings. The molecule has 0 N–H and O–H groups in total. The largest absolute Gasteiger partial charge is 0.647 e. The molecule has 0 radical (unpaired) electrons. The summed E-state index contributed by atoms with van der Waals surface area (Å²) in [6, 6.07) is 8.47. The Balaban J connectivity index is 2.36. The Bertz CT molecular complexity index is 312. The molecule has 1 atom stereocenters. The zero-order valence-electron chi connectivity index (χ0n) is 11.5. The summed E-state index contributed by atoms with van der Waals surface area (Å²) in [4.78, 5) is 0. The van der Waals surface area contributed by atoms with Crippen molar-refractivity contribution in [2.45, 2.75) is 52.4 Å². The van der Waals surface area contributed by atoms with Crippen LogP contribution < -0.4 is 3.79 Å². The van der Waals surface area contributed by atoms with Crippen LogP contribution in [0, 0.1) is 5.92 Å². The van der Waals surface area contributed by atoms with Gasteiger partial charge in [-0.25, -0.2) is 0 Å². The molecule has 0 saturated heterocycles. The molecule has 0 aliphatic rings. The van der Waals surface area contributed by atoms with E-state index in [-0.39, 0.29) is 0 Å². The molecule has 1 rings (SSSR count). The Kier molecular flexibility index (Phi) is 7.41. The van der Waals surface area contributed by atoms with Gasteiger partial charge >= 0.3 is 16.6 Å². The SMILES string of the molecule is CCCCCCC(C)Cc1ccccc1[O][AlH2]. The van der Waals surface area contributed by atoms with Crippen LogP contribution in [0.4, 0.5) is 0 Å². The van der Waals surface area contributed by atoms with E-state index in [1.165, 1.54) is 37.7 Å². The fraction of sp³-hybridized carbons (Fsp3) is 0.600. The van der Waals surface area contributed by atoms with Gasteiger partial charge in [0.2, 0.25) is 0 Å². The van der Waals surface area contributed by atoms with E-state index in [0.29, 0.717) is 0 Å². The van der Waals surface area contributed by atoms with Gasteiger partial charge in [-0.15, -0.1) is 0 Å². The third-order valence-corrected chi connectivity index (χ3v) is 3.75. The summed E-state index contributed by atoms with van der Waals surface area (Å²) >= 11 is 0.779. The van der Waals surface area contributed by atoms with Crippen LogP contribution in [0.5, 0.6) is 5.75 Å². The Hall–Kier alpha value is -0.448. The zero-order chi connectivity index (χ0) is 12.5. The minimum absolute atomic E-state index is 0.768. The van der Waals surface area contributed by atoms with Gasteiger partial charge in [-0.2, -0.15) is 0 Å². The highest BCUT2D eigenvalue weighted by atomic mass is 27.1. The van der Waals surface area contributed by atoms with E-state index >= 15 is 0 Å². The summed E-state index contributed by atoms with van der Waals surface area (Å²) in [5.74, 6) is 1.87. The second kappa shape index (κ2) is 8.62. The van der Waals surface area contributed by atoms with Crippen molar-refractivity contribution in [2.75, 3.05) is 0 Å². The molecular weight excluding hydrogens is 223 g/mol. The van der Waals surface area contributed by atoms with Crippen LogP contribution >= 0.6 is 0 Å². The number of unbranched alkanes of at least 4 members (excludes halogenated alkanes) is 3. The van der Waals surface area contributed by atoms with Gasteiger partial charge in [-0.05, 0) is 24.0 Å². The standard InChI is InChI=1S/C15H24O.Al.2H/c1-3-4-5-6-9-13(2)12-14-10-7-8-11-15(14)16;;;/h7-8,10-11,13,16H,3-6,9,12H2,1-2H3;;;/q;+1;;/p-1. The molecule has 94 valence electrons. The maximum Gasteiger partial charge on any atom is 0.496 e. The number of rotatable bonds is 8. The first-order chi connectivity index (χ1) is 8.27. The lowest BCUT2D eigenvalue weighted by Gasteiger charge is -2.15. The molecule has 0 aromatic heterocycles. The minimum Gasteiger partial charge on any atom is -0.647 e. The van der Waals surface area contributed by atoms with Crippen molar-refractivity contribution in [2.24, 2.45) is 5.92 Å². The first-order valence-electron chi connectivity index (χ1n) is 6.89. The van der Waals surface area contributed by atoms with Crippen molar-refractivity contribution >= 4 is 16.6 Å². The molecule has 2 heteroatoms. The Morgan fingerprint density at radius 3 is 2.65 bits per heavy atom. The Morgan fingerprint density at radius 2 is 1.94 bits per heavy atom. The minimum atomic E-state index is 0.768. The lowest BCUT2D eigenvalue weighted by atomic mass is 9.95. The number of benzene rings is 1. The van der Waals surface area contributed by atoms with Gasteiger partial charge in [0.15, 0.2) is 0 Å². The summed E-state index contributed by atoms with van der Waals surface area (Å²) in [5, 5.41) is 0. The van der Waals surface area contributed by atoms with Crippen molar-refractivity contribution in [1.29, 1.82) is 0 Å². The van der Waals surface area contributed by atoms with Crippen LogP contribution in [0.25, 0.3) is 0 Å². The highest BCUT2D eigenvalue weighted by molar-refractivity contribution is 6.00. The number of hydrogen-bond acceptors (Lipinski definition) is 1. The molecule has 0 bridgehead atoms. The van der Waals surface area contributed by atoms with Gasteiger partial charge in [-0.1, -0.05) is 64.2 Å². The van der Waals surface area contributed by atoms with Crippen LogP contribution in [-0.2, 0) is 6.42 Å². The highest BCUT2D eigenvalue weighted by Gasteiger charge is 2.07. The van der Waals surface area contributed by atoms with Crippen molar-refractivity contribution in [1.82, 2.24) is 0 Å². The van der Waals surface area contributed by atoms with Gasteiger partial charge in [-0.3, -0.25) is 0 Å². The van der Waals surface area contributed by atoms with E-state index in [9.17, 15) is 0 Å². The van der Waals surface area contributed by atoms with Crippen LogP contribution in [0.1, 0.15) is 51.5 Å². The van der Waals surface area contributed by atoms with Gasteiger partial charge in [0.1, 0.15) is 0 Å². The maximum absolute atomic E-state index is 5.53. The van der Waals surface area contributed by atoms with Gasteiger partial charge < -0.3 is 3.79 Å². The van der Waals surface area contributed by atoms with E-state index in [2.05, 4.69) is 38.1 Å². The molecule has 0 fully saturated rings. The van der Waals surface area contributed by atoms with Crippen molar-refractivity contribution in [3.63, 3.8) is 0 Å². The summed E-state index contributed by atoms with van der Waals surface area (Å²) < 4.78 is 5.53. The number of hydrogen-bond donors (Lipinski definition) is 0. The molecule has 1 aromatic carbocycles. The third-order valence-electron chi connectivity index (χ3n) is 3.31. The van der Waals surface area contributed by atoms with E-state index in [1.807, 2.05) is 0 Å². The molecule has 1 unspecified atom stereocenters. The monoisotopic (exact) mass is 248 g/mol. The molecular formula is C15H25AlO.